The van der Waals surface area contributed by atoms with E-state index in [-0.39, 0.29) is 0 Å². The van der Waals surface area contributed by atoms with Gasteiger partial charge in [0.25, 0.3) is 0 Å². The highest BCUT2D eigenvalue weighted by atomic mass is 35.5. The fraction of sp³-hybridized carbons (Fsp3) is 0.182. The second-order valence-corrected chi connectivity index (χ2v) is 3.88. The highest BCUT2D eigenvalue weighted by Gasteiger charge is 2.14. The molecule has 84 valence electrons. The van der Waals surface area contributed by atoms with Crippen LogP contribution in [-0.4, -0.2) is 19.2 Å². The summed E-state index contributed by atoms with van der Waals surface area (Å²) in [4.78, 5) is 3.99. The molecule has 0 saturated heterocycles. The predicted molar refractivity (Wildman–Crippen MR) is 64.9 cm³/mol. The van der Waals surface area contributed by atoms with Crippen molar-refractivity contribution in [2.75, 3.05) is 14.2 Å². The van der Waals surface area contributed by atoms with Crippen LogP contribution in [0.5, 0.6) is 11.5 Å². The minimum Gasteiger partial charge on any atom is -0.496 e. The summed E-state index contributed by atoms with van der Waals surface area (Å²) in [6.07, 6.45) is 1.49. The summed E-state index contributed by atoms with van der Waals surface area (Å²) in [5, 5.41) is 2.20. The van der Waals surface area contributed by atoms with Crippen molar-refractivity contribution >= 4 is 34.0 Å². The van der Waals surface area contributed by atoms with Crippen molar-refractivity contribution < 1.29 is 9.47 Å². The lowest BCUT2D eigenvalue weighted by Gasteiger charge is -2.11. The first-order valence-electron chi connectivity index (χ1n) is 4.53. The molecule has 0 unspecified atom stereocenters. The van der Waals surface area contributed by atoms with Gasteiger partial charge < -0.3 is 9.47 Å². The number of nitrogens with zero attached hydrogens (tertiary/aromatic N) is 1. The maximum Gasteiger partial charge on any atom is 0.140 e. The second kappa shape index (κ2) is 4.36. The number of benzene rings is 1. The van der Waals surface area contributed by atoms with Crippen LogP contribution in [0.4, 0.5) is 0 Å². The van der Waals surface area contributed by atoms with Crippen molar-refractivity contribution in [1.82, 2.24) is 4.98 Å². The van der Waals surface area contributed by atoms with E-state index in [9.17, 15) is 0 Å². The van der Waals surface area contributed by atoms with Crippen molar-refractivity contribution in [3.05, 3.63) is 28.5 Å². The fourth-order valence-electron chi connectivity index (χ4n) is 1.59. The summed E-state index contributed by atoms with van der Waals surface area (Å²) in [5.41, 5.74) is 0. The molecule has 3 nitrogen and oxygen atoms in total. The Balaban J connectivity index is 2.95. The molecular formula is C11H9Cl2NO2. The van der Waals surface area contributed by atoms with Crippen molar-refractivity contribution in [3.63, 3.8) is 0 Å². The molecule has 5 heteroatoms. The summed E-state index contributed by atoms with van der Waals surface area (Å²) in [6, 6.07) is 3.55. The lowest BCUT2D eigenvalue weighted by molar-refractivity contribution is 0.410. The molecule has 0 aliphatic heterocycles. The molecule has 0 bridgehead atoms. The summed E-state index contributed by atoms with van der Waals surface area (Å²) in [6.45, 7) is 0. The number of hydrogen-bond acceptors (Lipinski definition) is 3. The zero-order chi connectivity index (χ0) is 11.7. The standard InChI is InChI=1S/C11H9Cl2NO2/c1-15-7-3-4-8(16-2)10-9(7)6(12)5-14-11(10)13/h3-5H,1-2H3. The number of methoxy groups -OCH3 is 2. The molecule has 1 aromatic carbocycles. The SMILES string of the molecule is COc1ccc(OC)c2c(Cl)ncc(Cl)c12. The van der Waals surface area contributed by atoms with E-state index in [1.807, 2.05) is 0 Å². The molecular weight excluding hydrogens is 249 g/mol. The first-order valence-corrected chi connectivity index (χ1v) is 5.29. The van der Waals surface area contributed by atoms with E-state index in [4.69, 9.17) is 32.7 Å². The van der Waals surface area contributed by atoms with Gasteiger partial charge in [-0.3, -0.25) is 0 Å². The number of fused-ring (bicyclic) bond motifs is 1. The Morgan fingerprint density at radius 2 is 1.56 bits per heavy atom. The zero-order valence-electron chi connectivity index (χ0n) is 8.75. The quantitative estimate of drug-likeness (QED) is 0.772. The smallest absolute Gasteiger partial charge is 0.140 e. The van der Waals surface area contributed by atoms with E-state index in [2.05, 4.69) is 4.98 Å². The van der Waals surface area contributed by atoms with E-state index in [1.165, 1.54) is 6.20 Å². The Morgan fingerprint density at radius 1 is 1.00 bits per heavy atom. The Morgan fingerprint density at radius 3 is 2.12 bits per heavy atom. The summed E-state index contributed by atoms with van der Waals surface area (Å²) >= 11 is 12.1. The Kier molecular flexibility index (Phi) is 3.08. The average Bonchev–Trinajstić information content (AvgIpc) is 2.32. The first kappa shape index (κ1) is 11.3. The molecule has 0 atom stereocenters. The van der Waals surface area contributed by atoms with Gasteiger partial charge in [0.15, 0.2) is 0 Å². The van der Waals surface area contributed by atoms with Crippen LogP contribution in [0.1, 0.15) is 0 Å². The van der Waals surface area contributed by atoms with Gasteiger partial charge in [0, 0.05) is 6.20 Å². The number of pyridine rings is 1. The zero-order valence-corrected chi connectivity index (χ0v) is 10.3. The Hall–Kier alpha value is -1.19. The molecule has 0 amide bonds. The summed E-state index contributed by atoms with van der Waals surface area (Å²) < 4.78 is 10.5. The summed E-state index contributed by atoms with van der Waals surface area (Å²) in [7, 11) is 3.14. The van der Waals surface area contributed by atoms with Gasteiger partial charge in [0.2, 0.25) is 0 Å². The van der Waals surface area contributed by atoms with E-state index in [0.717, 1.165) is 0 Å². The fourth-order valence-corrected chi connectivity index (χ4v) is 2.06. The van der Waals surface area contributed by atoms with Crippen LogP contribution in [0.3, 0.4) is 0 Å². The molecule has 16 heavy (non-hydrogen) atoms. The maximum absolute atomic E-state index is 6.09. The molecule has 0 aliphatic rings. The van der Waals surface area contributed by atoms with Crippen molar-refractivity contribution in [2.24, 2.45) is 0 Å². The molecule has 0 radical (unpaired) electrons. The predicted octanol–water partition coefficient (Wildman–Crippen LogP) is 3.56. The normalized spacial score (nSPS) is 10.5. The Labute approximate surface area is 103 Å². The summed E-state index contributed by atoms with van der Waals surface area (Å²) in [5.74, 6) is 1.26. The molecule has 0 N–H and O–H groups in total. The Bertz CT molecular complexity index is 494. The minimum absolute atomic E-state index is 0.343. The van der Waals surface area contributed by atoms with E-state index in [1.54, 1.807) is 26.4 Å². The van der Waals surface area contributed by atoms with Crippen LogP contribution >= 0.6 is 23.2 Å². The monoisotopic (exact) mass is 257 g/mol. The van der Waals surface area contributed by atoms with Crippen molar-refractivity contribution in [1.29, 1.82) is 0 Å². The molecule has 2 aromatic rings. The third-order valence-corrected chi connectivity index (χ3v) is 2.88. The highest BCUT2D eigenvalue weighted by Crippen LogP contribution is 2.40. The van der Waals surface area contributed by atoms with Gasteiger partial charge >= 0.3 is 0 Å². The second-order valence-electron chi connectivity index (χ2n) is 3.12. The average molecular weight is 258 g/mol. The van der Waals surface area contributed by atoms with Gasteiger partial charge in [0.1, 0.15) is 16.7 Å². The van der Waals surface area contributed by atoms with Gasteiger partial charge in [-0.1, -0.05) is 23.2 Å². The third-order valence-electron chi connectivity index (χ3n) is 2.31. The third kappa shape index (κ3) is 1.66. The molecule has 0 aliphatic carbocycles. The molecule has 0 saturated carbocycles. The highest BCUT2D eigenvalue weighted by molar-refractivity contribution is 6.40. The molecule has 1 aromatic heterocycles. The number of halogens is 2. The van der Waals surface area contributed by atoms with Gasteiger partial charge in [-0.2, -0.15) is 0 Å². The van der Waals surface area contributed by atoms with Crippen LogP contribution in [0.15, 0.2) is 18.3 Å². The van der Waals surface area contributed by atoms with Crippen LogP contribution in [0.2, 0.25) is 10.2 Å². The van der Waals surface area contributed by atoms with Gasteiger partial charge in [-0.05, 0) is 12.1 Å². The van der Waals surface area contributed by atoms with Crippen LogP contribution < -0.4 is 9.47 Å². The first-order chi connectivity index (χ1) is 7.69. The molecule has 2 rings (SSSR count). The van der Waals surface area contributed by atoms with Gasteiger partial charge in [-0.15, -0.1) is 0 Å². The molecule has 0 spiro atoms. The van der Waals surface area contributed by atoms with Crippen LogP contribution in [-0.2, 0) is 0 Å². The number of aromatic nitrogens is 1. The largest absolute Gasteiger partial charge is 0.496 e. The number of ether oxygens (including phenoxy) is 2. The lowest BCUT2D eigenvalue weighted by atomic mass is 10.1. The van der Waals surface area contributed by atoms with Crippen molar-refractivity contribution in [2.45, 2.75) is 0 Å². The minimum atomic E-state index is 0.343. The van der Waals surface area contributed by atoms with Crippen LogP contribution in [0, 0.1) is 0 Å². The maximum atomic E-state index is 6.09. The van der Waals surface area contributed by atoms with E-state index < -0.39 is 0 Å². The van der Waals surface area contributed by atoms with E-state index in [0.29, 0.717) is 32.4 Å². The van der Waals surface area contributed by atoms with Crippen molar-refractivity contribution in [3.8, 4) is 11.5 Å². The number of rotatable bonds is 2. The number of hydrogen-bond donors (Lipinski definition) is 0. The van der Waals surface area contributed by atoms with E-state index >= 15 is 0 Å². The lowest BCUT2D eigenvalue weighted by Crippen LogP contribution is -1.92. The van der Waals surface area contributed by atoms with Crippen LogP contribution in [0.25, 0.3) is 10.8 Å². The van der Waals surface area contributed by atoms with Gasteiger partial charge in [-0.25, -0.2) is 4.98 Å². The topological polar surface area (TPSA) is 31.4 Å². The van der Waals surface area contributed by atoms with Gasteiger partial charge in [0.05, 0.1) is 30.0 Å². The molecule has 1 heterocycles. The molecule has 0 fully saturated rings.